The third kappa shape index (κ3) is 4.51. The van der Waals surface area contributed by atoms with Crippen molar-refractivity contribution in [2.24, 2.45) is 0 Å². The molecule has 3 aromatic carbocycles. The number of rotatable bonds is 7. The molecule has 190 valence electrons. The van der Waals surface area contributed by atoms with Gasteiger partial charge in [0.25, 0.3) is 10.0 Å². The van der Waals surface area contributed by atoms with E-state index in [1.165, 1.54) is 17.5 Å². The van der Waals surface area contributed by atoms with Crippen molar-refractivity contribution in [2.75, 3.05) is 30.5 Å². The van der Waals surface area contributed by atoms with Gasteiger partial charge in [-0.1, -0.05) is 30.3 Å². The van der Waals surface area contributed by atoms with Gasteiger partial charge < -0.3 is 4.74 Å². The van der Waals surface area contributed by atoms with Crippen molar-refractivity contribution in [2.45, 2.75) is 50.0 Å². The largest absolute Gasteiger partial charge is 0.493 e. The summed E-state index contributed by atoms with van der Waals surface area (Å²) in [6.07, 6.45) is 4.94. The quantitative estimate of drug-likeness (QED) is 0.410. The fraction of sp³-hybridized carbons (Fsp3) is 0.379. The van der Waals surface area contributed by atoms with E-state index in [0.717, 1.165) is 61.3 Å². The van der Waals surface area contributed by atoms with Crippen molar-refractivity contribution in [3.05, 3.63) is 88.5 Å². The number of ether oxygens (including phenoxy) is 1. The second kappa shape index (κ2) is 10.1. The van der Waals surface area contributed by atoms with E-state index in [0.29, 0.717) is 24.1 Å². The lowest BCUT2D eigenvalue weighted by atomic mass is 9.93. The smallest absolute Gasteiger partial charge is 0.264 e. The molecule has 1 unspecified atom stereocenters. The van der Waals surface area contributed by atoms with Gasteiger partial charge in [0, 0.05) is 32.1 Å². The van der Waals surface area contributed by atoms with Crippen molar-refractivity contribution in [3.8, 4) is 5.75 Å². The first-order chi connectivity index (χ1) is 17.0. The lowest BCUT2D eigenvalue weighted by Crippen LogP contribution is -2.38. The Labute approximate surface area is 220 Å². The standard InChI is InChI=1S/C29H32N2O3S.ClH/c1-21-5-2-8-25(19-21)31(35(32,33)26-10-12-28-24(20-26)14-18-34-28)16-4-15-30-17-13-23-7-3-6-22-9-11-27(30)29(22)23;/h2-3,5-8,10,12,19-20,27H,4,9,11,13-18H2,1H3;1H. The number of aryl methyl sites for hydroxylation is 2. The molecule has 1 atom stereocenters. The van der Waals surface area contributed by atoms with Crippen LogP contribution in [0, 0.1) is 6.92 Å². The SMILES string of the molecule is Cc1cccc(N(CCCN2CCc3cccc4c3C2CC4)S(=O)(=O)c2ccc3c(c2)CCO3)c1.Cl. The fourth-order valence-corrected chi connectivity index (χ4v) is 7.60. The second-order valence-electron chi connectivity index (χ2n) is 9.97. The highest BCUT2D eigenvalue weighted by molar-refractivity contribution is 7.92. The van der Waals surface area contributed by atoms with Crippen molar-refractivity contribution >= 4 is 28.1 Å². The van der Waals surface area contributed by atoms with Crippen LogP contribution < -0.4 is 9.04 Å². The lowest BCUT2D eigenvalue weighted by Gasteiger charge is -2.35. The third-order valence-corrected chi connectivity index (χ3v) is 9.58. The van der Waals surface area contributed by atoms with Crippen molar-refractivity contribution in [3.63, 3.8) is 0 Å². The fourth-order valence-electron chi connectivity index (χ4n) is 6.06. The van der Waals surface area contributed by atoms with Crippen LogP contribution in [0.1, 0.15) is 46.7 Å². The number of fused-ring (bicyclic) bond motifs is 1. The zero-order chi connectivity index (χ0) is 24.0. The van der Waals surface area contributed by atoms with Crippen LogP contribution in [-0.4, -0.2) is 39.6 Å². The van der Waals surface area contributed by atoms with E-state index >= 15 is 0 Å². The number of benzene rings is 3. The maximum Gasteiger partial charge on any atom is 0.264 e. The molecular formula is C29H33ClN2O3S. The molecule has 2 heterocycles. The maximum absolute atomic E-state index is 13.9. The molecular weight excluding hydrogens is 492 g/mol. The van der Waals surface area contributed by atoms with Crippen LogP contribution in [0.25, 0.3) is 0 Å². The molecule has 3 aliphatic rings. The lowest BCUT2D eigenvalue weighted by molar-refractivity contribution is 0.185. The van der Waals surface area contributed by atoms with Gasteiger partial charge in [-0.15, -0.1) is 12.4 Å². The Morgan fingerprint density at radius 1 is 0.972 bits per heavy atom. The van der Waals surface area contributed by atoms with Crippen molar-refractivity contribution in [1.29, 1.82) is 0 Å². The molecule has 0 saturated heterocycles. The number of halogens is 1. The molecule has 5 nitrogen and oxygen atoms in total. The topological polar surface area (TPSA) is 49.9 Å². The van der Waals surface area contributed by atoms with Crippen LogP contribution in [0.4, 0.5) is 5.69 Å². The van der Waals surface area contributed by atoms with Gasteiger partial charge in [-0.3, -0.25) is 9.21 Å². The van der Waals surface area contributed by atoms with E-state index in [9.17, 15) is 8.42 Å². The summed E-state index contributed by atoms with van der Waals surface area (Å²) in [5, 5.41) is 0. The minimum Gasteiger partial charge on any atom is -0.493 e. The Balaban J connectivity index is 0.00000267. The molecule has 0 fully saturated rings. The van der Waals surface area contributed by atoms with Gasteiger partial charge in [0.05, 0.1) is 17.2 Å². The average Bonchev–Trinajstić information content (AvgIpc) is 3.51. The summed E-state index contributed by atoms with van der Waals surface area (Å²) in [5.74, 6) is 0.798. The van der Waals surface area contributed by atoms with Crippen LogP contribution in [0.15, 0.2) is 65.6 Å². The highest BCUT2D eigenvalue weighted by atomic mass is 35.5. The molecule has 36 heavy (non-hydrogen) atoms. The maximum atomic E-state index is 13.9. The molecule has 6 rings (SSSR count). The summed E-state index contributed by atoms with van der Waals surface area (Å²) >= 11 is 0. The van der Waals surface area contributed by atoms with Gasteiger partial charge in [-0.2, -0.15) is 0 Å². The van der Waals surface area contributed by atoms with Gasteiger partial charge >= 0.3 is 0 Å². The highest BCUT2D eigenvalue weighted by Gasteiger charge is 2.33. The molecule has 0 saturated carbocycles. The van der Waals surface area contributed by atoms with Crippen LogP contribution in [-0.2, 0) is 29.3 Å². The van der Waals surface area contributed by atoms with E-state index in [1.807, 2.05) is 31.2 Å². The molecule has 0 bridgehead atoms. The minimum absolute atomic E-state index is 0. The Morgan fingerprint density at radius 3 is 2.61 bits per heavy atom. The number of nitrogens with zero attached hydrogens (tertiary/aromatic N) is 2. The summed E-state index contributed by atoms with van der Waals surface area (Å²) in [6.45, 7) is 5.01. The molecule has 3 aromatic rings. The number of anilines is 1. The summed E-state index contributed by atoms with van der Waals surface area (Å²) in [5.41, 5.74) is 7.30. The van der Waals surface area contributed by atoms with Crippen LogP contribution >= 0.6 is 12.4 Å². The zero-order valence-corrected chi connectivity index (χ0v) is 22.3. The van der Waals surface area contributed by atoms with Gasteiger partial charge in [-0.05, 0) is 90.8 Å². The Hall–Kier alpha value is -2.54. The summed E-state index contributed by atoms with van der Waals surface area (Å²) in [7, 11) is -3.69. The monoisotopic (exact) mass is 524 g/mol. The van der Waals surface area contributed by atoms with E-state index in [2.05, 4.69) is 23.1 Å². The van der Waals surface area contributed by atoms with Crippen molar-refractivity contribution < 1.29 is 13.2 Å². The Kier molecular flexibility index (Phi) is 7.03. The molecule has 0 radical (unpaired) electrons. The number of hydrogen-bond acceptors (Lipinski definition) is 4. The van der Waals surface area contributed by atoms with Crippen LogP contribution in [0.3, 0.4) is 0 Å². The molecule has 0 spiro atoms. The average molecular weight is 525 g/mol. The molecule has 0 N–H and O–H groups in total. The first kappa shape index (κ1) is 25.1. The van der Waals surface area contributed by atoms with Crippen LogP contribution in [0.2, 0.25) is 0 Å². The Morgan fingerprint density at radius 2 is 1.78 bits per heavy atom. The van der Waals surface area contributed by atoms with Gasteiger partial charge in [0.15, 0.2) is 0 Å². The first-order valence-corrected chi connectivity index (χ1v) is 14.1. The molecule has 1 aliphatic carbocycles. The van der Waals surface area contributed by atoms with E-state index in [1.54, 1.807) is 28.1 Å². The molecule has 7 heteroatoms. The predicted octanol–water partition coefficient (Wildman–Crippen LogP) is 5.48. The first-order valence-electron chi connectivity index (χ1n) is 12.7. The Bertz CT molecular complexity index is 1370. The predicted molar refractivity (Wildman–Crippen MR) is 146 cm³/mol. The minimum atomic E-state index is -3.69. The molecule has 2 aliphatic heterocycles. The third-order valence-electron chi connectivity index (χ3n) is 7.76. The summed E-state index contributed by atoms with van der Waals surface area (Å²) < 4.78 is 35.0. The van der Waals surface area contributed by atoms with Gasteiger partial charge in [0.2, 0.25) is 0 Å². The molecule has 0 amide bonds. The van der Waals surface area contributed by atoms with Crippen molar-refractivity contribution in [1.82, 2.24) is 4.90 Å². The van der Waals surface area contributed by atoms with Gasteiger partial charge in [-0.25, -0.2) is 8.42 Å². The van der Waals surface area contributed by atoms with Crippen LogP contribution in [0.5, 0.6) is 5.75 Å². The molecule has 0 aromatic heterocycles. The highest BCUT2D eigenvalue weighted by Crippen LogP contribution is 2.41. The summed E-state index contributed by atoms with van der Waals surface area (Å²) in [6, 6.07) is 20.3. The number of sulfonamides is 1. The zero-order valence-electron chi connectivity index (χ0n) is 20.7. The number of hydrogen-bond donors (Lipinski definition) is 0. The van der Waals surface area contributed by atoms with Gasteiger partial charge in [0.1, 0.15) is 5.75 Å². The van der Waals surface area contributed by atoms with E-state index in [4.69, 9.17) is 4.74 Å². The van der Waals surface area contributed by atoms with E-state index < -0.39 is 10.0 Å². The van der Waals surface area contributed by atoms with E-state index in [-0.39, 0.29) is 12.4 Å². The second-order valence-corrected chi connectivity index (χ2v) is 11.8. The summed E-state index contributed by atoms with van der Waals surface area (Å²) in [4.78, 5) is 2.92. The normalized spacial score (nSPS) is 18.2.